The molecule has 1 aromatic heterocycles. The van der Waals surface area contributed by atoms with Gasteiger partial charge in [-0.05, 0) is 60.8 Å². The fraction of sp³-hybridized carbons (Fsp3) is 0.390. The van der Waals surface area contributed by atoms with Crippen LogP contribution in [-0.4, -0.2) is 53.0 Å². The lowest BCUT2D eigenvalue weighted by molar-refractivity contribution is -0.252. The summed E-state index contributed by atoms with van der Waals surface area (Å²) in [4.78, 5) is 31.4. The van der Waals surface area contributed by atoms with Crippen LogP contribution in [-0.2, 0) is 38.6 Å². The van der Waals surface area contributed by atoms with Gasteiger partial charge in [0.25, 0.3) is 0 Å². The second kappa shape index (κ2) is 19.7. The van der Waals surface area contributed by atoms with Crippen molar-refractivity contribution < 1.29 is 24.2 Å². The number of rotatable bonds is 18. The molecule has 51 heavy (non-hydrogen) atoms. The second-order valence-corrected chi connectivity index (χ2v) is 13.3. The molecule has 4 aromatic rings. The molecule has 5 rings (SSSR count). The summed E-state index contributed by atoms with van der Waals surface area (Å²) in [6, 6.07) is 29.2. The standard InChI is InChI=1S/C41H51N5O5/c1-46(25-23-34-10-8-9-24-43-34)28-35-26-38(32-19-17-31(29-47)18-20-32)51-41(50-35)33-21-15-30(16-22-33)27-44-39(48)13-4-2-3-5-14-40(49)45-37-12-7-6-11-36(37)42/h6-12,15-22,24,35,38,41,47H,2-5,13-14,23,25-29,42H2,1H3,(H,44,48)(H,45,49). The highest BCUT2D eigenvalue weighted by Crippen LogP contribution is 2.38. The zero-order chi connectivity index (χ0) is 35.8. The number of nitrogens with one attached hydrogen (secondary N) is 2. The van der Waals surface area contributed by atoms with Crippen molar-refractivity contribution in [2.24, 2.45) is 0 Å². The molecule has 10 heteroatoms. The molecule has 270 valence electrons. The van der Waals surface area contributed by atoms with Crippen molar-refractivity contribution in [1.29, 1.82) is 0 Å². The first-order valence-corrected chi connectivity index (χ1v) is 17.9. The van der Waals surface area contributed by atoms with Crippen molar-refractivity contribution >= 4 is 23.2 Å². The number of likely N-dealkylation sites (N-methyl/N-ethyl adjacent to an activating group) is 1. The fourth-order valence-corrected chi connectivity index (χ4v) is 6.15. The Kier molecular flexibility index (Phi) is 14.5. The second-order valence-electron chi connectivity index (χ2n) is 13.3. The van der Waals surface area contributed by atoms with Crippen LogP contribution >= 0.6 is 0 Å². The maximum Gasteiger partial charge on any atom is 0.224 e. The van der Waals surface area contributed by atoms with E-state index in [1.54, 1.807) is 12.1 Å². The number of carbonyl (C=O) groups excluding carboxylic acids is 2. The zero-order valence-electron chi connectivity index (χ0n) is 29.5. The highest BCUT2D eigenvalue weighted by molar-refractivity contribution is 5.93. The SMILES string of the molecule is CN(CCc1ccccn1)CC1CC(c2ccc(CO)cc2)OC(c2ccc(CNC(=O)CCCCCCC(=O)Nc3ccccc3N)cc2)O1. The van der Waals surface area contributed by atoms with Crippen LogP contribution in [0.5, 0.6) is 0 Å². The number of aliphatic hydroxyl groups excluding tert-OH is 1. The lowest BCUT2D eigenvalue weighted by Crippen LogP contribution is -2.38. The van der Waals surface area contributed by atoms with Crippen molar-refractivity contribution in [3.05, 3.63) is 125 Å². The molecule has 2 amide bonds. The minimum absolute atomic E-state index is 0.00201. The molecule has 10 nitrogen and oxygen atoms in total. The molecule has 3 aromatic carbocycles. The molecule has 0 spiro atoms. The maximum absolute atomic E-state index is 12.5. The van der Waals surface area contributed by atoms with Gasteiger partial charge in [-0.25, -0.2) is 0 Å². The average Bonchev–Trinajstić information content (AvgIpc) is 3.16. The summed E-state index contributed by atoms with van der Waals surface area (Å²) in [6.07, 6.45) is 6.84. The average molecular weight is 694 g/mol. The van der Waals surface area contributed by atoms with E-state index in [0.29, 0.717) is 37.2 Å². The van der Waals surface area contributed by atoms with Gasteiger partial charge in [-0.15, -0.1) is 0 Å². The van der Waals surface area contributed by atoms with E-state index in [1.807, 2.05) is 85.1 Å². The highest BCUT2D eigenvalue weighted by Gasteiger charge is 2.32. The molecule has 1 saturated heterocycles. The maximum atomic E-state index is 12.5. The normalized spacial score (nSPS) is 17.3. The van der Waals surface area contributed by atoms with Crippen LogP contribution < -0.4 is 16.4 Å². The molecule has 0 saturated carbocycles. The third-order valence-corrected chi connectivity index (χ3v) is 9.14. The summed E-state index contributed by atoms with van der Waals surface area (Å²) >= 11 is 0. The first-order chi connectivity index (χ1) is 24.9. The van der Waals surface area contributed by atoms with Crippen LogP contribution in [0.15, 0.2) is 97.2 Å². The van der Waals surface area contributed by atoms with E-state index in [1.165, 1.54) is 0 Å². The highest BCUT2D eigenvalue weighted by atomic mass is 16.7. The lowest BCUT2D eigenvalue weighted by atomic mass is 9.99. The van der Waals surface area contributed by atoms with E-state index in [-0.39, 0.29) is 30.6 Å². The smallest absolute Gasteiger partial charge is 0.224 e. The van der Waals surface area contributed by atoms with Crippen molar-refractivity contribution in [2.75, 3.05) is 31.2 Å². The number of anilines is 2. The number of unbranched alkanes of at least 4 members (excludes halogenated alkanes) is 3. The van der Waals surface area contributed by atoms with Crippen LogP contribution in [0.3, 0.4) is 0 Å². The summed E-state index contributed by atoms with van der Waals surface area (Å²) < 4.78 is 13.0. The van der Waals surface area contributed by atoms with E-state index in [0.717, 1.165) is 73.1 Å². The molecule has 5 N–H and O–H groups in total. The summed E-state index contributed by atoms with van der Waals surface area (Å²) in [5.41, 5.74) is 12.0. The van der Waals surface area contributed by atoms with Crippen molar-refractivity contribution in [2.45, 2.75) is 83.0 Å². The topological polar surface area (TPSA) is 139 Å². The van der Waals surface area contributed by atoms with E-state index in [2.05, 4.69) is 27.6 Å². The van der Waals surface area contributed by atoms with E-state index >= 15 is 0 Å². The molecular weight excluding hydrogens is 642 g/mol. The summed E-state index contributed by atoms with van der Waals surface area (Å²) in [5, 5.41) is 15.4. The number of carbonyl (C=O) groups is 2. The van der Waals surface area contributed by atoms with Gasteiger partial charge in [0.2, 0.25) is 11.8 Å². The van der Waals surface area contributed by atoms with Crippen LogP contribution in [0.2, 0.25) is 0 Å². The Labute approximate surface area is 301 Å². The number of ether oxygens (including phenoxy) is 2. The van der Waals surface area contributed by atoms with Gasteiger partial charge in [-0.2, -0.15) is 0 Å². The van der Waals surface area contributed by atoms with Gasteiger partial charge in [0.05, 0.1) is 30.2 Å². The monoisotopic (exact) mass is 693 g/mol. The van der Waals surface area contributed by atoms with Crippen molar-refractivity contribution in [3.8, 4) is 0 Å². The molecule has 1 aliphatic rings. The zero-order valence-corrected chi connectivity index (χ0v) is 29.5. The summed E-state index contributed by atoms with van der Waals surface area (Å²) in [7, 11) is 2.11. The van der Waals surface area contributed by atoms with Gasteiger partial charge in [0.15, 0.2) is 6.29 Å². The third kappa shape index (κ3) is 12.3. The van der Waals surface area contributed by atoms with Crippen LogP contribution in [0, 0.1) is 0 Å². The van der Waals surface area contributed by atoms with Gasteiger partial charge < -0.3 is 35.8 Å². The van der Waals surface area contributed by atoms with E-state index in [9.17, 15) is 14.7 Å². The number of pyridine rings is 1. The van der Waals surface area contributed by atoms with E-state index < -0.39 is 6.29 Å². The molecule has 3 atom stereocenters. The largest absolute Gasteiger partial charge is 0.397 e. The van der Waals surface area contributed by atoms with E-state index in [4.69, 9.17) is 15.2 Å². The molecule has 1 fully saturated rings. The summed E-state index contributed by atoms with van der Waals surface area (Å²) in [5.74, 6) is -0.0353. The Bertz CT molecular complexity index is 1650. The number of nitrogens with zero attached hydrogens (tertiary/aromatic N) is 2. The van der Waals surface area contributed by atoms with Gasteiger partial charge in [-0.1, -0.05) is 79.6 Å². The Morgan fingerprint density at radius 2 is 1.53 bits per heavy atom. The number of amides is 2. The minimum atomic E-state index is -0.540. The van der Waals surface area contributed by atoms with Crippen molar-refractivity contribution in [1.82, 2.24) is 15.2 Å². The van der Waals surface area contributed by atoms with Gasteiger partial charge >= 0.3 is 0 Å². The number of hydrogen-bond acceptors (Lipinski definition) is 8. The summed E-state index contributed by atoms with van der Waals surface area (Å²) in [6.45, 7) is 2.06. The number of nitrogens with two attached hydrogens (primary N) is 1. The number of para-hydroxylation sites is 2. The Morgan fingerprint density at radius 3 is 2.24 bits per heavy atom. The number of aromatic nitrogens is 1. The molecule has 0 radical (unpaired) electrons. The van der Waals surface area contributed by atoms with Crippen LogP contribution in [0.25, 0.3) is 0 Å². The predicted octanol–water partition coefficient (Wildman–Crippen LogP) is 6.47. The van der Waals surface area contributed by atoms with Crippen molar-refractivity contribution in [3.63, 3.8) is 0 Å². The molecule has 1 aliphatic heterocycles. The van der Waals surface area contributed by atoms with Gasteiger partial charge in [0, 0.05) is 62.8 Å². The fourth-order valence-electron chi connectivity index (χ4n) is 6.15. The Morgan fingerprint density at radius 1 is 0.843 bits per heavy atom. The number of hydrogen-bond donors (Lipinski definition) is 4. The van der Waals surface area contributed by atoms with Gasteiger partial charge in [0.1, 0.15) is 0 Å². The number of aliphatic hydroxyl groups is 1. The Balaban J connectivity index is 1.06. The molecule has 0 bridgehead atoms. The molecular formula is C41H51N5O5. The minimum Gasteiger partial charge on any atom is -0.397 e. The molecule has 0 aliphatic carbocycles. The molecule has 2 heterocycles. The van der Waals surface area contributed by atoms with Gasteiger partial charge in [-0.3, -0.25) is 14.6 Å². The predicted molar refractivity (Wildman–Crippen MR) is 199 cm³/mol. The first kappa shape index (κ1) is 37.6. The Hall–Kier alpha value is -4.61. The lowest BCUT2D eigenvalue weighted by Gasteiger charge is -2.38. The van der Waals surface area contributed by atoms with Crippen LogP contribution in [0.4, 0.5) is 11.4 Å². The third-order valence-electron chi connectivity index (χ3n) is 9.14. The number of nitrogen functional groups attached to an aromatic ring is 1. The first-order valence-electron chi connectivity index (χ1n) is 17.9. The molecule has 3 unspecified atom stereocenters. The quantitative estimate of drug-likeness (QED) is 0.0687. The van der Waals surface area contributed by atoms with Crippen LogP contribution in [0.1, 0.15) is 85.3 Å². The number of benzene rings is 3.